The van der Waals surface area contributed by atoms with Crippen molar-refractivity contribution in [3.05, 3.63) is 76.0 Å². The third kappa shape index (κ3) is 4.63. The van der Waals surface area contributed by atoms with Gasteiger partial charge in [0.15, 0.2) is 0 Å². The highest BCUT2D eigenvalue weighted by atomic mass is 32.1. The molecule has 1 aliphatic rings. The highest BCUT2D eigenvalue weighted by Crippen LogP contribution is 2.34. The smallest absolute Gasteiger partial charge is 0.337 e. The number of hydrogen-bond donors (Lipinski definition) is 0. The van der Waals surface area contributed by atoms with Crippen molar-refractivity contribution < 1.29 is 22.4 Å². The number of carbonyl (C=O) groups excluding carboxylic acids is 1. The summed E-state index contributed by atoms with van der Waals surface area (Å²) >= 11 is 1.19. The van der Waals surface area contributed by atoms with Gasteiger partial charge in [-0.1, -0.05) is 24.3 Å². The summed E-state index contributed by atoms with van der Waals surface area (Å²) in [5.74, 6) is -0.274. The first-order valence-electron chi connectivity index (χ1n) is 9.92. The van der Waals surface area contributed by atoms with Crippen molar-refractivity contribution in [1.82, 2.24) is 9.88 Å². The fraction of sp³-hybridized carbons (Fsp3) is 0.304. The van der Waals surface area contributed by atoms with Gasteiger partial charge in [-0.05, 0) is 49.6 Å². The summed E-state index contributed by atoms with van der Waals surface area (Å²) in [6, 6.07) is 11.2. The molecule has 4 rings (SSSR count). The van der Waals surface area contributed by atoms with Crippen LogP contribution in [0.1, 0.15) is 45.3 Å². The fourth-order valence-corrected chi connectivity index (χ4v) is 4.87. The summed E-state index contributed by atoms with van der Waals surface area (Å²) in [7, 11) is 0. The summed E-state index contributed by atoms with van der Waals surface area (Å²) in [6.45, 7) is 2.90. The lowest BCUT2D eigenvalue weighted by molar-refractivity contribution is -0.137. The summed E-state index contributed by atoms with van der Waals surface area (Å²) in [4.78, 5) is 19.9. The number of hydrogen-bond acceptors (Lipinski definition) is 3. The zero-order valence-corrected chi connectivity index (χ0v) is 17.6. The van der Waals surface area contributed by atoms with Crippen LogP contribution >= 0.6 is 11.3 Å². The van der Waals surface area contributed by atoms with E-state index in [0.29, 0.717) is 34.2 Å². The maximum atomic E-state index is 13.2. The van der Waals surface area contributed by atoms with E-state index in [2.05, 4.69) is 4.98 Å². The van der Waals surface area contributed by atoms with Gasteiger partial charge in [0.05, 0.1) is 11.3 Å². The van der Waals surface area contributed by atoms with Gasteiger partial charge in [0, 0.05) is 24.6 Å². The van der Waals surface area contributed by atoms with Gasteiger partial charge in [-0.15, -0.1) is 11.3 Å². The topological polar surface area (TPSA) is 33.2 Å². The van der Waals surface area contributed by atoms with Crippen LogP contribution in [-0.2, 0) is 6.18 Å². The van der Waals surface area contributed by atoms with Crippen molar-refractivity contribution >= 4 is 17.2 Å². The largest absolute Gasteiger partial charge is 0.416 e. The molecule has 2 heterocycles. The van der Waals surface area contributed by atoms with Gasteiger partial charge in [0.25, 0.3) is 5.91 Å². The Hall–Kier alpha value is -2.74. The second kappa shape index (κ2) is 8.42. The van der Waals surface area contributed by atoms with E-state index in [-0.39, 0.29) is 17.6 Å². The van der Waals surface area contributed by atoms with Crippen molar-refractivity contribution in [3.8, 4) is 10.6 Å². The number of rotatable bonds is 3. The number of carbonyl (C=O) groups is 1. The van der Waals surface area contributed by atoms with Gasteiger partial charge >= 0.3 is 6.18 Å². The minimum atomic E-state index is -4.40. The van der Waals surface area contributed by atoms with Crippen molar-refractivity contribution in [2.75, 3.05) is 13.1 Å². The third-order valence-electron chi connectivity index (χ3n) is 5.50. The Labute approximate surface area is 181 Å². The van der Waals surface area contributed by atoms with Gasteiger partial charge < -0.3 is 4.90 Å². The Morgan fingerprint density at radius 2 is 1.77 bits per heavy atom. The molecule has 3 nitrogen and oxygen atoms in total. The Kier molecular flexibility index (Phi) is 5.83. The molecule has 1 fully saturated rings. The first-order valence-corrected chi connectivity index (χ1v) is 10.7. The van der Waals surface area contributed by atoms with Gasteiger partial charge in [-0.3, -0.25) is 4.79 Å². The summed E-state index contributed by atoms with van der Waals surface area (Å²) in [5, 5.41) is 0.515. The summed E-state index contributed by atoms with van der Waals surface area (Å²) in [5.41, 5.74) is 1.39. The van der Waals surface area contributed by atoms with E-state index in [1.807, 2.05) is 0 Å². The van der Waals surface area contributed by atoms with Crippen LogP contribution in [0.5, 0.6) is 0 Å². The van der Waals surface area contributed by atoms with Crippen LogP contribution in [0.2, 0.25) is 0 Å². The third-order valence-corrected chi connectivity index (χ3v) is 6.69. The molecule has 31 heavy (non-hydrogen) atoms. The molecule has 1 atom stereocenters. The standard InChI is InChI=1S/C23H20F4N2OS/c1-14-20(31-21(28-14)16-4-8-18(9-5-16)23(25,26)27)22(30)29-12-2-3-17(13-29)15-6-10-19(24)11-7-15/h4-11,17H,2-3,12-13H2,1H3/t17-/m0/s1. The number of halogens is 4. The van der Waals surface area contributed by atoms with Crippen LogP contribution in [-0.4, -0.2) is 28.9 Å². The van der Waals surface area contributed by atoms with Gasteiger partial charge in [-0.25, -0.2) is 9.37 Å². The highest BCUT2D eigenvalue weighted by Gasteiger charge is 2.31. The number of alkyl halides is 3. The van der Waals surface area contributed by atoms with E-state index in [4.69, 9.17) is 0 Å². The zero-order valence-electron chi connectivity index (χ0n) is 16.7. The molecule has 0 aliphatic carbocycles. The van der Waals surface area contributed by atoms with Crippen LogP contribution in [0.15, 0.2) is 48.5 Å². The Morgan fingerprint density at radius 1 is 1.10 bits per heavy atom. The molecule has 0 radical (unpaired) electrons. The first kappa shape index (κ1) is 21.5. The summed E-state index contributed by atoms with van der Waals surface area (Å²) < 4.78 is 51.6. The molecule has 1 aliphatic heterocycles. The average molecular weight is 448 g/mol. The number of piperidine rings is 1. The molecule has 0 N–H and O–H groups in total. The molecule has 1 aromatic heterocycles. The second-order valence-corrected chi connectivity index (χ2v) is 8.65. The van der Waals surface area contributed by atoms with Gasteiger partial charge in [0.1, 0.15) is 15.7 Å². The lowest BCUT2D eigenvalue weighted by Gasteiger charge is -2.33. The molecular formula is C23H20F4N2OS. The molecule has 1 saturated heterocycles. The molecule has 8 heteroatoms. The van der Waals surface area contributed by atoms with Crippen LogP contribution < -0.4 is 0 Å². The molecule has 2 aromatic carbocycles. The predicted molar refractivity (Wildman–Crippen MR) is 112 cm³/mol. The average Bonchev–Trinajstić information content (AvgIpc) is 3.15. The minimum absolute atomic E-state index is 0.125. The first-order chi connectivity index (χ1) is 14.7. The molecule has 0 bridgehead atoms. The molecule has 0 unspecified atom stereocenters. The van der Waals surface area contributed by atoms with Crippen LogP contribution in [0.4, 0.5) is 17.6 Å². The van der Waals surface area contributed by atoms with E-state index >= 15 is 0 Å². The van der Waals surface area contributed by atoms with Crippen LogP contribution in [0.25, 0.3) is 10.6 Å². The molecule has 162 valence electrons. The van der Waals surface area contributed by atoms with Gasteiger partial charge in [-0.2, -0.15) is 13.2 Å². The zero-order chi connectivity index (χ0) is 22.2. The van der Waals surface area contributed by atoms with E-state index in [0.717, 1.165) is 30.5 Å². The Bertz CT molecular complexity index is 1070. The SMILES string of the molecule is Cc1nc(-c2ccc(C(F)(F)F)cc2)sc1C(=O)N1CCC[C@H](c2ccc(F)cc2)C1. The monoisotopic (exact) mass is 448 g/mol. The minimum Gasteiger partial charge on any atom is -0.337 e. The van der Waals surface area contributed by atoms with E-state index in [1.165, 1.54) is 35.6 Å². The molecular weight excluding hydrogens is 428 g/mol. The number of thiazole rings is 1. The highest BCUT2D eigenvalue weighted by molar-refractivity contribution is 7.17. The van der Waals surface area contributed by atoms with E-state index < -0.39 is 11.7 Å². The maximum absolute atomic E-state index is 13.2. The number of aryl methyl sites for hydroxylation is 1. The molecule has 3 aromatic rings. The number of amides is 1. The van der Waals surface area contributed by atoms with Crippen molar-refractivity contribution in [2.24, 2.45) is 0 Å². The Balaban J connectivity index is 1.52. The Morgan fingerprint density at radius 3 is 2.42 bits per heavy atom. The molecule has 0 spiro atoms. The summed E-state index contributed by atoms with van der Waals surface area (Å²) in [6.07, 6.45) is -2.63. The van der Waals surface area contributed by atoms with Crippen LogP contribution in [0, 0.1) is 12.7 Å². The number of benzene rings is 2. The van der Waals surface area contributed by atoms with Crippen molar-refractivity contribution in [1.29, 1.82) is 0 Å². The molecule has 1 amide bonds. The second-order valence-electron chi connectivity index (χ2n) is 7.65. The van der Waals surface area contributed by atoms with Crippen molar-refractivity contribution in [2.45, 2.75) is 31.9 Å². The number of aromatic nitrogens is 1. The van der Waals surface area contributed by atoms with E-state index in [9.17, 15) is 22.4 Å². The van der Waals surface area contributed by atoms with Crippen LogP contribution in [0.3, 0.4) is 0 Å². The lowest BCUT2D eigenvalue weighted by Crippen LogP contribution is -2.39. The van der Waals surface area contributed by atoms with E-state index in [1.54, 1.807) is 24.0 Å². The van der Waals surface area contributed by atoms with Crippen molar-refractivity contribution in [3.63, 3.8) is 0 Å². The maximum Gasteiger partial charge on any atom is 0.416 e. The number of likely N-dealkylation sites (tertiary alicyclic amines) is 1. The predicted octanol–water partition coefficient (Wildman–Crippen LogP) is 6.30. The molecule has 0 saturated carbocycles. The lowest BCUT2D eigenvalue weighted by atomic mass is 9.90. The quantitative estimate of drug-likeness (QED) is 0.441. The fourth-order valence-electron chi connectivity index (χ4n) is 3.83. The van der Waals surface area contributed by atoms with Gasteiger partial charge in [0.2, 0.25) is 0 Å². The normalized spacial score (nSPS) is 17.1. The number of nitrogens with zero attached hydrogens (tertiary/aromatic N) is 2.